The molecule has 0 amide bonds. The number of halogens is 2. The molecule has 2 aliphatic rings. The lowest BCUT2D eigenvalue weighted by Gasteiger charge is -2.43. The number of thiol groups is 1. The Morgan fingerprint density at radius 3 is 2.41 bits per heavy atom. The number of aromatic hydroxyl groups is 1. The number of hydrazine groups is 1. The molecular formula is C22H28Cl2N6OS. The SMILES string of the molecule is NN(/C(=N\S)C(c1cccc(O)c1)N1CCN(c2c(Cl)cncc2Cl)CC1)C1CCCC1. The van der Waals surface area contributed by atoms with Gasteiger partial charge >= 0.3 is 0 Å². The van der Waals surface area contributed by atoms with Gasteiger partial charge in [-0.2, -0.15) is 0 Å². The van der Waals surface area contributed by atoms with Crippen LogP contribution in [0.5, 0.6) is 5.75 Å². The summed E-state index contributed by atoms with van der Waals surface area (Å²) in [6, 6.07) is 7.30. The van der Waals surface area contributed by atoms with Gasteiger partial charge in [0.15, 0.2) is 0 Å². The summed E-state index contributed by atoms with van der Waals surface area (Å²) >= 11 is 17.1. The predicted molar refractivity (Wildman–Crippen MR) is 134 cm³/mol. The van der Waals surface area contributed by atoms with Gasteiger partial charge in [0.2, 0.25) is 0 Å². The first-order valence-electron chi connectivity index (χ1n) is 10.8. The summed E-state index contributed by atoms with van der Waals surface area (Å²) in [7, 11) is 0. The fraction of sp³-hybridized carbons (Fsp3) is 0.455. The van der Waals surface area contributed by atoms with E-state index >= 15 is 0 Å². The summed E-state index contributed by atoms with van der Waals surface area (Å²) in [5.74, 6) is 7.49. The van der Waals surface area contributed by atoms with Crippen LogP contribution in [-0.2, 0) is 0 Å². The molecule has 1 unspecified atom stereocenters. The Hall–Kier alpha value is -1.71. The van der Waals surface area contributed by atoms with Gasteiger partial charge in [-0.1, -0.05) is 48.2 Å². The Balaban J connectivity index is 1.60. The molecule has 3 N–H and O–H groups in total. The van der Waals surface area contributed by atoms with Crippen LogP contribution in [0.1, 0.15) is 37.3 Å². The quantitative estimate of drug-likeness (QED) is 0.189. The molecule has 1 atom stereocenters. The van der Waals surface area contributed by atoms with E-state index in [-0.39, 0.29) is 17.8 Å². The zero-order valence-electron chi connectivity index (χ0n) is 17.7. The van der Waals surface area contributed by atoms with Crippen LogP contribution in [0.4, 0.5) is 5.69 Å². The molecule has 2 heterocycles. The van der Waals surface area contributed by atoms with Crippen LogP contribution in [0.2, 0.25) is 10.0 Å². The molecular weight excluding hydrogens is 467 g/mol. The third kappa shape index (κ3) is 4.94. The normalized spacial score (nSPS) is 19.4. The first-order valence-corrected chi connectivity index (χ1v) is 12.0. The molecule has 1 saturated heterocycles. The van der Waals surface area contributed by atoms with E-state index in [1.807, 2.05) is 12.1 Å². The van der Waals surface area contributed by atoms with Crippen LogP contribution in [0, 0.1) is 0 Å². The van der Waals surface area contributed by atoms with Crippen molar-refractivity contribution >= 4 is 47.5 Å². The Kier molecular flexibility index (Phi) is 7.68. The number of nitrogens with two attached hydrogens (primary N) is 1. The van der Waals surface area contributed by atoms with E-state index < -0.39 is 0 Å². The number of anilines is 1. The molecule has 2 aromatic rings. The van der Waals surface area contributed by atoms with Crippen LogP contribution >= 0.6 is 36.0 Å². The minimum absolute atomic E-state index is 0.212. The maximum absolute atomic E-state index is 10.2. The number of amidine groups is 1. The van der Waals surface area contributed by atoms with Crippen molar-refractivity contribution in [2.75, 3.05) is 31.1 Å². The second-order valence-corrected chi connectivity index (χ2v) is 9.29. The summed E-state index contributed by atoms with van der Waals surface area (Å²) in [5, 5.41) is 13.0. The first-order chi connectivity index (χ1) is 15.5. The van der Waals surface area contributed by atoms with Crippen LogP contribution in [-0.4, -0.2) is 58.1 Å². The van der Waals surface area contributed by atoms with E-state index in [1.54, 1.807) is 29.5 Å². The lowest BCUT2D eigenvalue weighted by Crippen LogP contribution is -2.54. The average Bonchev–Trinajstić information content (AvgIpc) is 3.32. The van der Waals surface area contributed by atoms with Gasteiger partial charge in [-0.05, 0) is 43.4 Å². The number of phenolic OH excluding ortho intramolecular Hbond substituents is 1. The number of aromatic nitrogens is 1. The van der Waals surface area contributed by atoms with Gasteiger partial charge in [-0.25, -0.2) is 10.2 Å². The molecule has 4 rings (SSSR count). The van der Waals surface area contributed by atoms with Crippen LogP contribution in [0.3, 0.4) is 0 Å². The number of phenols is 1. The highest BCUT2D eigenvalue weighted by Crippen LogP contribution is 2.35. The molecule has 10 heteroatoms. The van der Waals surface area contributed by atoms with Crippen molar-refractivity contribution < 1.29 is 5.11 Å². The molecule has 1 aromatic carbocycles. The maximum atomic E-state index is 10.2. The number of piperazine rings is 1. The van der Waals surface area contributed by atoms with Crippen molar-refractivity contribution in [3.05, 3.63) is 52.3 Å². The fourth-order valence-corrected chi connectivity index (χ4v) is 5.56. The maximum Gasteiger partial charge on any atom is 0.148 e. The number of pyridine rings is 1. The first kappa shape index (κ1) is 23.4. The average molecular weight is 495 g/mol. The number of benzene rings is 1. The Morgan fingerprint density at radius 1 is 1.16 bits per heavy atom. The molecule has 2 fully saturated rings. The van der Waals surface area contributed by atoms with Gasteiger partial charge in [-0.15, -0.1) is 0 Å². The van der Waals surface area contributed by atoms with Crippen molar-refractivity contribution in [3.63, 3.8) is 0 Å². The second-order valence-electron chi connectivity index (χ2n) is 8.28. The third-order valence-electron chi connectivity index (χ3n) is 6.34. The molecule has 1 saturated carbocycles. The van der Waals surface area contributed by atoms with E-state index in [4.69, 9.17) is 29.0 Å². The van der Waals surface area contributed by atoms with Gasteiger partial charge in [0.25, 0.3) is 0 Å². The van der Waals surface area contributed by atoms with Gasteiger partial charge in [0.1, 0.15) is 11.6 Å². The van der Waals surface area contributed by atoms with Crippen molar-refractivity contribution in [1.82, 2.24) is 14.9 Å². The van der Waals surface area contributed by atoms with Crippen molar-refractivity contribution in [2.24, 2.45) is 10.2 Å². The van der Waals surface area contributed by atoms with Gasteiger partial charge < -0.3 is 10.0 Å². The lowest BCUT2D eigenvalue weighted by atomic mass is 10.0. The van der Waals surface area contributed by atoms with E-state index in [0.29, 0.717) is 15.9 Å². The summed E-state index contributed by atoms with van der Waals surface area (Å²) in [4.78, 5) is 8.55. The van der Waals surface area contributed by atoms with E-state index in [2.05, 4.69) is 32.0 Å². The fourth-order valence-electron chi connectivity index (χ4n) is 4.75. The van der Waals surface area contributed by atoms with Crippen LogP contribution < -0.4 is 10.7 Å². The molecule has 0 radical (unpaired) electrons. The Labute approximate surface area is 204 Å². The minimum atomic E-state index is -0.226. The van der Waals surface area contributed by atoms with E-state index in [9.17, 15) is 5.11 Å². The monoisotopic (exact) mass is 494 g/mol. The van der Waals surface area contributed by atoms with Crippen molar-refractivity contribution in [3.8, 4) is 5.75 Å². The highest BCUT2D eigenvalue weighted by Gasteiger charge is 2.35. The molecule has 1 aliphatic heterocycles. The lowest BCUT2D eigenvalue weighted by molar-refractivity contribution is 0.205. The largest absolute Gasteiger partial charge is 0.508 e. The smallest absolute Gasteiger partial charge is 0.148 e. The number of hydrogen-bond donors (Lipinski definition) is 3. The molecule has 32 heavy (non-hydrogen) atoms. The molecule has 0 bridgehead atoms. The third-order valence-corrected chi connectivity index (χ3v) is 7.10. The van der Waals surface area contributed by atoms with Crippen molar-refractivity contribution in [2.45, 2.75) is 37.8 Å². The van der Waals surface area contributed by atoms with Gasteiger partial charge in [0.05, 0.1) is 21.8 Å². The molecule has 7 nitrogen and oxygen atoms in total. The molecule has 172 valence electrons. The molecule has 0 spiro atoms. The summed E-state index contributed by atoms with van der Waals surface area (Å²) < 4.78 is 4.34. The Bertz CT molecular complexity index is 943. The van der Waals surface area contributed by atoms with Gasteiger partial charge in [0, 0.05) is 44.6 Å². The van der Waals surface area contributed by atoms with Gasteiger partial charge in [-0.3, -0.25) is 14.9 Å². The van der Waals surface area contributed by atoms with E-state index in [0.717, 1.165) is 50.3 Å². The topological polar surface area (TPSA) is 81.2 Å². The summed E-state index contributed by atoms with van der Waals surface area (Å²) in [5.41, 5.74) is 1.74. The molecule has 1 aromatic heterocycles. The second kappa shape index (κ2) is 10.5. The van der Waals surface area contributed by atoms with Crippen molar-refractivity contribution in [1.29, 1.82) is 0 Å². The highest BCUT2D eigenvalue weighted by atomic mass is 35.5. The standard InChI is InChI=1S/C22H28Cl2N6OS/c23-18-13-26-14-19(24)21(18)29-10-8-28(9-11-29)20(15-4-3-7-17(31)12-15)22(27-32)30(25)16-5-1-2-6-16/h3-4,7,12-14,16,20,31-32H,1-2,5-6,8-11,25H2/b27-22-. The number of nitrogens with zero attached hydrogens (tertiary/aromatic N) is 5. The number of hydrogen-bond acceptors (Lipinski definition) is 7. The summed E-state index contributed by atoms with van der Waals surface area (Å²) in [6.45, 7) is 2.93. The van der Waals surface area contributed by atoms with Crippen LogP contribution in [0.25, 0.3) is 0 Å². The Morgan fingerprint density at radius 2 is 1.81 bits per heavy atom. The highest BCUT2D eigenvalue weighted by molar-refractivity contribution is 7.79. The minimum Gasteiger partial charge on any atom is -0.508 e. The number of rotatable bonds is 5. The summed E-state index contributed by atoms with van der Waals surface area (Å²) in [6.07, 6.45) is 7.66. The zero-order valence-corrected chi connectivity index (χ0v) is 20.1. The zero-order chi connectivity index (χ0) is 22.7. The predicted octanol–water partition coefficient (Wildman–Crippen LogP) is 4.32. The molecule has 1 aliphatic carbocycles. The van der Waals surface area contributed by atoms with Crippen LogP contribution in [0.15, 0.2) is 41.1 Å². The van der Waals surface area contributed by atoms with E-state index in [1.165, 1.54) is 12.8 Å².